The highest BCUT2D eigenvalue weighted by Gasteiger charge is 2.53. The van der Waals surface area contributed by atoms with Gasteiger partial charge in [0, 0.05) is 34.4 Å². The van der Waals surface area contributed by atoms with Crippen LogP contribution in [0.3, 0.4) is 0 Å². The van der Waals surface area contributed by atoms with Crippen molar-refractivity contribution in [2.45, 2.75) is 29.4 Å². The van der Waals surface area contributed by atoms with Crippen molar-refractivity contribution in [3.8, 4) is 0 Å². The molecule has 3 N–H and O–H groups in total. The van der Waals surface area contributed by atoms with Crippen LogP contribution in [0.5, 0.6) is 0 Å². The molecule has 2 aliphatic rings. The Bertz CT molecular complexity index is 1240. The van der Waals surface area contributed by atoms with Gasteiger partial charge < -0.3 is 21.0 Å². The maximum Gasteiger partial charge on any atom is 0.253 e. The minimum atomic E-state index is -1.43. The predicted molar refractivity (Wildman–Crippen MR) is 134 cm³/mol. The maximum atomic E-state index is 12.8. The summed E-state index contributed by atoms with van der Waals surface area (Å²) < 4.78 is 1.82. The molecule has 1 fully saturated rings. The summed E-state index contributed by atoms with van der Waals surface area (Å²) in [4.78, 5) is 39.1. The molecule has 2 amide bonds. The Kier molecular flexibility index (Phi) is 8.19. The lowest BCUT2D eigenvalue weighted by atomic mass is 10.0. The third-order valence-electron chi connectivity index (χ3n) is 5.42. The lowest BCUT2D eigenvalue weighted by Gasteiger charge is -2.50. The van der Waals surface area contributed by atoms with Gasteiger partial charge in [-0.15, -0.1) is 23.5 Å². The number of carbonyl (C=O) groups is 3. The van der Waals surface area contributed by atoms with Crippen molar-refractivity contribution in [2.75, 3.05) is 11.5 Å². The number of carboxylic acid groups (broad SMARTS) is 1. The van der Waals surface area contributed by atoms with Gasteiger partial charge in [-0.05, 0) is 18.2 Å². The zero-order chi connectivity index (χ0) is 25.3. The molecule has 1 saturated heterocycles. The number of halogens is 3. The highest BCUT2D eigenvalue weighted by molar-refractivity contribution is 8.00. The summed E-state index contributed by atoms with van der Waals surface area (Å²) in [5, 5.41) is 15.1. The van der Waals surface area contributed by atoms with Crippen molar-refractivity contribution < 1.29 is 24.1 Å². The number of aliphatic carboxylic acids is 1. The molecular formula is C22H19Cl3N4O4S2. The zero-order valence-electron chi connectivity index (χ0n) is 18.0. The van der Waals surface area contributed by atoms with Crippen LogP contribution in [0.15, 0.2) is 52.8 Å². The van der Waals surface area contributed by atoms with Gasteiger partial charge in [-0.2, -0.15) is 0 Å². The summed E-state index contributed by atoms with van der Waals surface area (Å²) in [5.74, 6) is -1.96. The molecule has 4 rings (SSSR count). The van der Waals surface area contributed by atoms with Gasteiger partial charge in [0.1, 0.15) is 11.4 Å². The summed E-state index contributed by atoms with van der Waals surface area (Å²) >= 11 is 20.6. The Morgan fingerprint density at radius 3 is 2.71 bits per heavy atom. The van der Waals surface area contributed by atoms with E-state index in [1.54, 1.807) is 12.3 Å². The Labute approximate surface area is 224 Å². The number of rotatable bonds is 8. The lowest BCUT2D eigenvalue weighted by molar-refractivity contribution is -0.689. The molecular weight excluding hydrogens is 555 g/mol. The van der Waals surface area contributed by atoms with Crippen LogP contribution in [0.4, 0.5) is 0 Å². The monoisotopic (exact) mass is 572 g/mol. The molecule has 184 valence electrons. The molecule has 2 aliphatic heterocycles. The second-order valence-electron chi connectivity index (χ2n) is 7.77. The minimum Gasteiger partial charge on any atom is -0.543 e. The third-order valence-corrected chi connectivity index (χ3v) is 8.96. The Morgan fingerprint density at radius 1 is 1.26 bits per heavy atom. The smallest absolute Gasteiger partial charge is 0.253 e. The number of hydrogen-bond donors (Lipinski definition) is 2. The van der Waals surface area contributed by atoms with E-state index in [4.69, 9.17) is 40.5 Å². The van der Waals surface area contributed by atoms with E-state index in [2.05, 4.69) is 5.32 Å². The van der Waals surface area contributed by atoms with E-state index in [-0.39, 0.29) is 18.0 Å². The van der Waals surface area contributed by atoms with E-state index in [0.29, 0.717) is 37.8 Å². The largest absolute Gasteiger partial charge is 0.543 e. The normalized spacial score (nSPS) is 19.3. The van der Waals surface area contributed by atoms with Crippen LogP contribution < -0.4 is 20.7 Å². The highest BCUT2D eigenvalue weighted by atomic mass is 35.5. The standard InChI is InChI=1S/C22H19Cl3N4O4S2/c23-13-4-15(25)16(5-14(13)24)34-10-17(30)27-18-20(31)29-19(22(32)33)12(9-35-21(18)29)8-28-3-1-2-11(6-26)7-28/h1-5,7,18,21H,6,8-10,26H2,(H-,27,30,32,33)/t18-,21-/m1/s1. The molecule has 0 bridgehead atoms. The molecule has 1 aromatic heterocycles. The fraction of sp³-hybridized carbons (Fsp3) is 0.273. The maximum absolute atomic E-state index is 12.8. The van der Waals surface area contributed by atoms with E-state index in [0.717, 1.165) is 17.3 Å². The number of carboxylic acids is 1. The van der Waals surface area contributed by atoms with Gasteiger partial charge in [0.25, 0.3) is 5.91 Å². The van der Waals surface area contributed by atoms with E-state index in [1.165, 1.54) is 22.7 Å². The summed E-state index contributed by atoms with van der Waals surface area (Å²) in [6.45, 7) is 0.629. The van der Waals surface area contributed by atoms with Gasteiger partial charge in [0.05, 0.1) is 32.5 Å². The molecule has 0 radical (unpaired) electrons. The number of fused-ring (bicyclic) bond motifs is 1. The fourth-order valence-electron chi connectivity index (χ4n) is 3.78. The van der Waals surface area contributed by atoms with Crippen molar-refractivity contribution in [1.82, 2.24) is 10.2 Å². The first kappa shape index (κ1) is 26.1. The molecule has 0 saturated carbocycles. The quantitative estimate of drug-likeness (QED) is 0.213. The number of β-lactam (4-membered cyclic amide) rings is 1. The van der Waals surface area contributed by atoms with Crippen molar-refractivity contribution in [3.05, 3.63) is 68.6 Å². The van der Waals surface area contributed by atoms with E-state index in [9.17, 15) is 19.5 Å². The van der Waals surface area contributed by atoms with Gasteiger partial charge in [0.15, 0.2) is 18.9 Å². The Morgan fingerprint density at radius 2 is 2.00 bits per heavy atom. The summed E-state index contributed by atoms with van der Waals surface area (Å²) in [6, 6.07) is 5.92. The number of amides is 2. The molecule has 0 aliphatic carbocycles. The molecule has 8 nitrogen and oxygen atoms in total. The molecule has 35 heavy (non-hydrogen) atoms. The highest BCUT2D eigenvalue weighted by Crippen LogP contribution is 2.40. The minimum absolute atomic E-state index is 0.0125. The van der Waals surface area contributed by atoms with Gasteiger partial charge >= 0.3 is 0 Å². The van der Waals surface area contributed by atoms with Gasteiger partial charge in [0.2, 0.25) is 5.91 Å². The average molecular weight is 574 g/mol. The van der Waals surface area contributed by atoms with Gasteiger partial charge in [-0.1, -0.05) is 34.8 Å². The molecule has 3 heterocycles. The van der Waals surface area contributed by atoms with E-state index in [1.807, 2.05) is 22.9 Å². The zero-order valence-corrected chi connectivity index (χ0v) is 21.9. The van der Waals surface area contributed by atoms with Crippen LogP contribution in [-0.2, 0) is 27.5 Å². The Balaban J connectivity index is 1.42. The van der Waals surface area contributed by atoms with Crippen LogP contribution in [0.25, 0.3) is 0 Å². The van der Waals surface area contributed by atoms with E-state index < -0.39 is 29.2 Å². The SMILES string of the molecule is NCc1ccc[n+](CC2=C(C(=O)[O-])N3C(=O)[C@@H](NC(=O)CSc4cc(Cl)c(Cl)cc4Cl)[C@H]3SC2)c1. The molecule has 1 aromatic carbocycles. The number of aromatic nitrogens is 1. The number of nitrogens with one attached hydrogen (secondary N) is 1. The van der Waals surface area contributed by atoms with Crippen LogP contribution in [-0.4, -0.2) is 45.6 Å². The van der Waals surface area contributed by atoms with Crippen LogP contribution in [0, 0.1) is 0 Å². The molecule has 0 spiro atoms. The molecule has 2 atom stereocenters. The van der Waals surface area contributed by atoms with Gasteiger partial charge in [-0.3, -0.25) is 14.5 Å². The van der Waals surface area contributed by atoms with Crippen LogP contribution in [0.2, 0.25) is 15.1 Å². The van der Waals surface area contributed by atoms with E-state index >= 15 is 0 Å². The summed E-state index contributed by atoms with van der Waals surface area (Å²) in [6.07, 6.45) is 3.63. The second-order valence-corrected chi connectivity index (χ2v) is 11.1. The number of carbonyl (C=O) groups excluding carboxylic acids is 3. The topological polar surface area (TPSA) is 119 Å². The van der Waals surface area contributed by atoms with Gasteiger partial charge in [-0.25, -0.2) is 4.57 Å². The number of hydrogen-bond acceptors (Lipinski definition) is 7. The molecule has 2 aromatic rings. The third kappa shape index (κ3) is 5.58. The summed E-state index contributed by atoms with van der Waals surface area (Å²) in [7, 11) is 0. The first-order valence-corrected chi connectivity index (χ1v) is 13.5. The van der Waals surface area contributed by atoms with Crippen molar-refractivity contribution in [1.29, 1.82) is 0 Å². The first-order chi connectivity index (χ1) is 16.7. The Hall–Kier alpha value is -1.95. The predicted octanol–water partition coefficient (Wildman–Crippen LogP) is 1.59. The molecule has 13 heteroatoms. The first-order valence-electron chi connectivity index (χ1n) is 10.3. The number of nitrogens with zero attached hydrogens (tertiary/aromatic N) is 2. The van der Waals surface area contributed by atoms with Crippen molar-refractivity contribution >= 4 is 76.1 Å². The number of benzene rings is 1. The number of thioether (sulfide) groups is 2. The van der Waals surface area contributed by atoms with Crippen LogP contribution >= 0.6 is 58.3 Å². The number of nitrogens with two attached hydrogens (primary N) is 1. The van der Waals surface area contributed by atoms with Crippen molar-refractivity contribution in [3.63, 3.8) is 0 Å². The number of pyridine rings is 1. The molecule has 0 unspecified atom stereocenters. The summed E-state index contributed by atoms with van der Waals surface area (Å²) in [5.41, 5.74) is 6.98. The second kappa shape index (κ2) is 11.0. The van der Waals surface area contributed by atoms with Crippen molar-refractivity contribution in [2.24, 2.45) is 5.73 Å². The fourth-order valence-corrected chi connectivity index (χ4v) is 6.66. The van der Waals surface area contributed by atoms with Crippen LogP contribution in [0.1, 0.15) is 5.56 Å². The average Bonchev–Trinajstić information content (AvgIpc) is 2.83. The lowest BCUT2D eigenvalue weighted by Crippen LogP contribution is -2.71.